The van der Waals surface area contributed by atoms with Gasteiger partial charge in [0.25, 0.3) is 5.91 Å². The van der Waals surface area contributed by atoms with Crippen LogP contribution in [0.15, 0.2) is 41.1 Å². The van der Waals surface area contributed by atoms with E-state index < -0.39 is 0 Å². The Morgan fingerprint density at radius 2 is 2.26 bits per heavy atom. The molecule has 2 aromatic heterocycles. The average molecular weight is 313 g/mol. The molecular formula is C18H23N3O2. The zero-order valence-corrected chi connectivity index (χ0v) is 13.5. The van der Waals surface area contributed by atoms with Crippen molar-refractivity contribution in [1.29, 1.82) is 0 Å². The number of nitrogens with zero attached hydrogens (tertiary/aromatic N) is 2. The van der Waals surface area contributed by atoms with E-state index in [4.69, 9.17) is 4.42 Å². The minimum absolute atomic E-state index is 0.0359. The van der Waals surface area contributed by atoms with Crippen molar-refractivity contribution >= 4 is 5.91 Å². The zero-order valence-electron chi connectivity index (χ0n) is 13.5. The lowest BCUT2D eigenvalue weighted by Crippen LogP contribution is -2.40. The Bertz CT molecular complexity index is 631. The van der Waals surface area contributed by atoms with E-state index in [1.54, 1.807) is 18.5 Å². The summed E-state index contributed by atoms with van der Waals surface area (Å²) in [5.41, 5.74) is 1.57. The van der Waals surface area contributed by atoms with E-state index in [0.717, 1.165) is 38.0 Å². The summed E-state index contributed by atoms with van der Waals surface area (Å²) < 4.78 is 5.32. The second-order valence-electron chi connectivity index (χ2n) is 5.98. The molecule has 1 aliphatic rings. The van der Waals surface area contributed by atoms with E-state index in [9.17, 15) is 4.79 Å². The SMILES string of the molecule is Cc1occc1C(=O)N(Cc1ccccn1)[C@H]1CCCNCC1. The lowest BCUT2D eigenvalue weighted by molar-refractivity contribution is 0.0640. The van der Waals surface area contributed by atoms with Gasteiger partial charge in [-0.15, -0.1) is 0 Å². The van der Waals surface area contributed by atoms with Gasteiger partial charge in [-0.25, -0.2) is 0 Å². The van der Waals surface area contributed by atoms with Crippen LogP contribution in [0.25, 0.3) is 0 Å². The number of hydrogen-bond donors (Lipinski definition) is 1. The Hall–Kier alpha value is -2.14. The third-order valence-electron chi connectivity index (χ3n) is 4.39. The van der Waals surface area contributed by atoms with Crippen LogP contribution < -0.4 is 5.32 Å². The lowest BCUT2D eigenvalue weighted by atomic mass is 10.1. The summed E-state index contributed by atoms with van der Waals surface area (Å²) >= 11 is 0. The molecule has 1 saturated heterocycles. The first kappa shape index (κ1) is 15.7. The first-order valence-corrected chi connectivity index (χ1v) is 8.21. The zero-order chi connectivity index (χ0) is 16.1. The smallest absolute Gasteiger partial charge is 0.257 e. The quantitative estimate of drug-likeness (QED) is 0.943. The summed E-state index contributed by atoms with van der Waals surface area (Å²) in [5.74, 6) is 0.710. The number of aromatic nitrogens is 1. The third kappa shape index (κ3) is 3.79. The van der Waals surface area contributed by atoms with Gasteiger partial charge in [0, 0.05) is 12.2 Å². The number of carbonyl (C=O) groups is 1. The fourth-order valence-electron chi connectivity index (χ4n) is 3.11. The summed E-state index contributed by atoms with van der Waals surface area (Å²) in [6.07, 6.45) is 6.42. The van der Waals surface area contributed by atoms with Gasteiger partial charge in [0.15, 0.2) is 0 Å². The number of rotatable bonds is 4. The van der Waals surface area contributed by atoms with Crippen molar-refractivity contribution in [1.82, 2.24) is 15.2 Å². The van der Waals surface area contributed by atoms with Gasteiger partial charge in [0.2, 0.25) is 0 Å². The monoisotopic (exact) mass is 313 g/mol. The van der Waals surface area contributed by atoms with E-state index >= 15 is 0 Å². The summed E-state index contributed by atoms with van der Waals surface area (Å²) in [7, 11) is 0. The Morgan fingerprint density at radius 3 is 3.00 bits per heavy atom. The van der Waals surface area contributed by atoms with Gasteiger partial charge in [0.05, 0.1) is 24.1 Å². The topological polar surface area (TPSA) is 58.4 Å². The fraction of sp³-hybridized carbons (Fsp3) is 0.444. The highest BCUT2D eigenvalue weighted by Crippen LogP contribution is 2.21. The van der Waals surface area contributed by atoms with Crippen LogP contribution in [0.2, 0.25) is 0 Å². The molecule has 1 aliphatic heterocycles. The fourth-order valence-corrected chi connectivity index (χ4v) is 3.11. The van der Waals surface area contributed by atoms with Crippen molar-refractivity contribution in [2.45, 2.75) is 38.8 Å². The molecule has 5 heteroatoms. The van der Waals surface area contributed by atoms with Gasteiger partial charge >= 0.3 is 0 Å². The van der Waals surface area contributed by atoms with Crippen molar-refractivity contribution in [3.8, 4) is 0 Å². The summed E-state index contributed by atoms with van der Waals surface area (Å²) in [5, 5.41) is 3.41. The molecule has 5 nitrogen and oxygen atoms in total. The van der Waals surface area contributed by atoms with Crippen LogP contribution in [-0.2, 0) is 6.54 Å². The molecule has 0 spiro atoms. The number of carbonyl (C=O) groups excluding carboxylic acids is 1. The van der Waals surface area contributed by atoms with E-state index in [1.165, 1.54) is 0 Å². The van der Waals surface area contributed by atoms with Crippen molar-refractivity contribution in [2.75, 3.05) is 13.1 Å². The number of furan rings is 1. The van der Waals surface area contributed by atoms with Crippen molar-refractivity contribution in [3.05, 3.63) is 53.7 Å². The van der Waals surface area contributed by atoms with Gasteiger partial charge in [-0.2, -0.15) is 0 Å². The largest absolute Gasteiger partial charge is 0.469 e. The molecule has 0 aliphatic carbocycles. The molecule has 0 radical (unpaired) electrons. The summed E-state index contributed by atoms with van der Waals surface area (Å²) in [4.78, 5) is 19.4. The molecule has 3 rings (SSSR count). The maximum absolute atomic E-state index is 13.1. The van der Waals surface area contributed by atoms with Gasteiger partial charge in [-0.1, -0.05) is 6.07 Å². The second-order valence-corrected chi connectivity index (χ2v) is 5.98. The molecule has 0 aromatic carbocycles. The number of amides is 1. The van der Waals surface area contributed by atoms with Gasteiger partial charge in [0.1, 0.15) is 5.76 Å². The average Bonchev–Trinajstić information content (AvgIpc) is 2.84. The summed E-state index contributed by atoms with van der Waals surface area (Å²) in [6, 6.07) is 7.82. The lowest BCUT2D eigenvalue weighted by Gasteiger charge is -2.31. The maximum atomic E-state index is 13.1. The molecule has 0 saturated carbocycles. The van der Waals surface area contributed by atoms with Crippen LogP contribution in [0.1, 0.15) is 41.1 Å². The first-order chi connectivity index (χ1) is 11.3. The highest BCUT2D eigenvalue weighted by atomic mass is 16.3. The summed E-state index contributed by atoms with van der Waals surface area (Å²) in [6.45, 7) is 4.34. The molecule has 1 fully saturated rings. The van der Waals surface area contributed by atoms with Crippen LogP contribution in [0.4, 0.5) is 0 Å². The molecule has 0 bridgehead atoms. The molecular weight excluding hydrogens is 290 g/mol. The molecule has 23 heavy (non-hydrogen) atoms. The molecule has 3 heterocycles. The highest BCUT2D eigenvalue weighted by molar-refractivity contribution is 5.95. The van der Waals surface area contributed by atoms with E-state index in [0.29, 0.717) is 17.9 Å². The minimum Gasteiger partial charge on any atom is -0.469 e. The van der Waals surface area contributed by atoms with Crippen LogP contribution >= 0.6 is 0 Å². The predicted octanol–water partition coefficient (Wildman–Crippen LogP) is 2.77. The van der Waals surface area contributed by atoms with Crippen molar-refractivity contribution < 1.29 is 9.21 Å². The molecule has 122 valence electrons. The first-order valence-electron chi connectivity index (χ1n) is 8.21. The number of pyridine rings is 1. The number of aryl methyl sites for hydroxylation is 1. The van der Waals surface area contributed by atoms with Crippen LogP contribution in [0.3, 0.4) is 0 Å². The van der Waals surface area contributed by atoms with Crippen LogP contribution in [-0.4, -0.2) is 34.9 Å². The van der Waals surface area contributed by atoms with Gasteiger partial charge < -0.3 is 14.6 Å². The molecule has 2 aromatic rings. The molecule has 1 atom stereocenters. The second kappa shape index (κ2) is 7.42. The van der Waals surface area contributed by atoms with E-state index in [-0.39, 0.29) is 11.9 Å². The normalized spacial score (nSPS) is 18.4. The van der Waals surface area contributed by atoms with Crippen LogP contribution in [0.5, 0.6) is 0 Å². The molecule has 1 amide bonds. The Balaban J connectivity index is 1.86. The Labute approximate surface area is 136 Å². The number of nitrogens with one attached hydrogen (secondary N) is 1. The minimum atomic E-state index is 0.0359. The molecule has 0 unspecified atom stereocenters. The van der Waals surface area contributed by atoms with E-state index in [1.807, 2.05) is 30.0 Å². The Morgan fingerprint density at radius 1 is 1.35 bits per heavy atom. The molecule has 1 N–H and O–H groups in total. The standard InChI is InChI=1S/C18H23N3O2/c1-14-17(8-12-23-14)18(22)21(13-15-5-2-3-10-20-15)16-6-4-9-19-11-7-16/h2-3,5,8,10,12,16,19H,4,6-7,9,11,13H2,1H3/t16-/m0/s1. The van der Waals surface area contributed by atoms with Crippen LogP contribution in [0, 0.1) is 6.92 Å². The van der Waals surface area contributed by atoms with E-state index in [2.05, 4.69) is 10.3 Å². The third-order valence-corrected chi connectivity index (χ3v) is 4.39. The van der Waals surface area contributed by atoms with Crippen molar-refractivity contribution in [2.24, 2.45) is 0 Å². The highest BCUT2D eigenvalue weighted by Gasteiger charge is 2.27. The van der Waals surface area contributed by atoms with Crippen molar-refractivity contribution in [3.63, 3.8) is 0 Å². The Kier molecular flexibility index (Phi) is 5.08. The maximum Gasteiger partial charge on any atom is 0.257 e. The van der Waals surface area contributed by atoms with Gasteiger partial charge in [-0.05, 0) is 57.5 Å². The number of hydrogen-bond acceptors (Lipinski definition) is 4. The predicted molar refractivity (Wildman–Crippen MR) is 88.1 cm³/mol. The van der Waals surface area contributed by atoms with Gasteiger partial charge in [-0.3, -0.25) is 9.78 Å².